The number of methoxy groups -OCH3 is 2. The minimum atomic E-state index is -0.610. The Bertz CT molecular complexity index is 1070. The molecule has 2 aromatic carbocycles. The first-order valence-electron chi connectivity index (χ1n) is 14.4. The summed E-state index contributed by atoms with van der Waals surface area (Å²) in [6, 6.07) is 14.1. The highest BCUT2D eigenvalue weighted by atomic mass is 16.5. The maximum Gasteiger partial charge on any atom is 0.221 e. The summed E-state index contributed by atoms with van der Waals surface area (Å²) in [4.78, 5) is 13.6. The van der Waals surface area contributed by atoms with Crippen molar-refractivity contribution in [3.8, 4) is 17.2 Å². The predicted octanol–water partition coefficient (Wildman–Crippen LogP) is 2.71. The predicted molar refractivity (Wildman–Crippen MR) is 154 cm³/mol. The molecule has 1 heterocycles. The Hall–Kier alpha value is -2.85. The number of aliphatic hydroxyl groups excluding tert-OH is 1. The lowest BCUT2D eigenvalue weighted by Crippen LogP contribution is -2.47. The molecule has 1 unspecified atom stereocenters. The van der Waals surface area contributed by atoms with Crippen LogP contribution in [0.2, 0.25) is 0 Å². The van der Waals surface area contributed by atoms with Crippen LogP contribution < -0.4 is 25.3 Å². The maximum absolute atomic E-state index is 11.0. The summed E-state index contributed by atoms with van der Waals surface area (Å²) in [5, 5.41) is 14.0. The molecule has 1 amide bonds. The number of hydrogen-bond donors (Lipinski definition) is 3. The molecule has 0 radical (unpaired) electrons. The fourth-order valence-electron chi connectivity index (χ4n) is 5.77. The van der Waals surface area contributed by atoms with Gasteiger partial charge in [0.05, 0.1) is 33.4 Å². The number of nitrogens with two attached hydrogens (primary N) is 1. The van der Waals surface area contributed by atoms with Gasteiger partial charge in [0.15, 0.2) is 11.5 Å². The van der Waals surface area contributed by atoms with Crippen LogP contribution in [0.4, 0.5) is 0 Å². The van der Waals surface area contributed by atoms with E-state index < -0.39 is 6.10 Å². The van der Waals surface area contributed by atoms with Crippen LogP contribution in [0.3, 0.4) is 0 Å². The van der Waals surface area contributed by atoms with Crippen LogP contribution in [-0.2, 0) is 22.4 Å². The minimum absolute atomic E-state index is 0.206. The molecule has 0 aromatic heterocycles. The lowest BCUT2D eigenvalue weighted by Gasteiger charge is -2.38. The molecule has 4 atom stereocenters. The summed E-state index contributed by atoms with van der Waals surface area (Å²) in [6.45, 7) is 3.38. The average Bonchev–Trinajstić information content (AvgIpc) is 3.44. The summed E-state index contributed by atoms with van der Waals surface area (Å²) in [6.07, 6.45) is 6.48. The van der Waals surface area contributed by atoms with E-state index in [1.807, 2.05) is 24.3 Å². The van der Waals surface area contributed by atoms with Crippen molar-refractivity contribution in [1.82, 2.24) is 10.2 Å². The standard InChI is InChI=1S/C31H45N3O6/c1-37-29-12-9-23(17-30(29)38-2)14-16-39-28-6-4-3-5-27(28)34-15-13-24(20-34)33-19-25(35)21-40-26-10-7-22(8-11-26)18-31(32)36/h7-12,17,24-25,27-28,33,35H,3-6,13-16,18-21H2,1-2H3,(H2,32,36)/t24-,25?,27-,28-/m0/s1. The highest BCUT2D eigenvalue weighted by Gasteiger charge is 2.35. The topological polar surface area (TPSA) is 116 Å². The lowest BCUT2D eigenvalue weighted by atomic mass is 9.91. The number of nitrogens with one attached hydrogen (secondary N) is 1. The van der Waals surface area contributed by atoms with Crippen LogP contribution in [0.5, 0.6) is 17.2 Å². The molecule has 0 bridgehead atoms. The van der Waals surface area contributed by atoms with Gasteiger partial charge < -0.3 is 35.1 Å². The molecule has 9 heteroatoms. The van der Waals surface area contributed by atoms with Crippen molar-refractivity contribution >= 4 is 5.91 Å². The second kappa shape index (κ2) is 15.2. The van der Waals surface area contributed by atoms with Gasteiger partial charge in [-0.25, -0.2) is 0 Å². The molecule has 2 fully saturated rings. The number of carbonyl (C=O) groups excluding carboxylic acids is 1. The zero-order chi connectivity index (χ0) is 28.3. The normalized spacial score (nSPS) is 22.1. The molecule has 1 aliphatic heterocycles. The first-order chi connectivity index (χ1) is 19.4. The average molecular weight is 556 g/mol. The molecule has 4 N–H and O–H groups in total. The maximum atomic E-state index is 11.0. The van der Waals surface area contributed by atoms with Crippen LogP contribution in [0.25, 0.3) is 0 Å². The van der Waals surface area contributed by atoms with Gasteiger partial charge in [-0.1, -0.05) is 31.0 Å². The van der Waals surface area contributed by atoms with Crippen LogP contribution in [0.1, 0.15) is 43.2 Å². The number of rotatable bonds is 15. The van der Waals surface area contributed by atoms with E-state index >= 15 is 0 Å². The monoisotopic (exact) mass is 555 g/mol. The van der Waals surface area contributed by atoms with Crippen molar-refractivity contribution in [2.75, 3.05) is 47.1 Å². The van der Waals surface area contributed by atoms with Crippen LogP contribution >= 0.6 is 0 Å². The van der Waals surface area contributed by atoms with Gasteiger partial charge in [0.25, 0.3) is 0 Å². The number of carbonyl (C=O) groups is 1. The third kappa shape index (κ3) is 8.83. The van der Waals surface area contributed by atoms with Crippen molar-refractivity contribution in [2.45, 2.75) is 69.2 Å². The third-order valence-electron chi connectivity index (χ3n) is 7.91. The van der Waals surface area contributed by atoms with Gasteiger partial charge in [-0.05, 0) is 61.1 Å². The van der Waals surface area contributed by atoms with E-state index in [0.717, 1.165) is 49.4 Å². The van der Waals surface area contributed by atoms with E-state index in [1.165, 1.54) is 24.8 Å². The van der Waals surface area contributed by atoms with Crippen molar-refractivity contribution in [3.63, 3.8) is 0 Å². The molecule has 1 saturated carbocycles. The molecule has 4 rings (SSSR count). The Morgan fingerprint density at radius 2 is 1.80 bits per heavy atom. The smallest absolute Gasteiger partial charge is 0.221 e. The first kappa shape index (κ1) is 30.1. The van der Waals surface area contributed by atoms with Gasteiger partial charge in [-0.3, -0.25) is 9.69 Å². The molecule has 40 heavy (non-hydrogen) atoms. The summed E-state index contributed by atoms with van der Waals surface area (Å²) in [7, 11) is 3.31. The number of aliphatic hydroxyl groups is 1. The number of ether oxygens (including phenoxy) is 4. The van der Waals surface area contributed by atoms with Gasteiger partial charge in [0.1, 0.15) is 18.5 Å². The van der Waals surface area contributed by atoms with E-state index in [-0.39, 0.29) is 25.0 Å². The Morgan fingerprint density at radius 1 is 1.05 bits per heavy atom. The number of nitrogens with zero attached hydrogens (tertiary/aromatic N) is 1. The minimum Gasteiger partial charge on any atom is -0.493 e. The van der Waals surface area contributed by atoms with Crippen LogP contribution in [0.15, 0.2) is 42.5 Å². The highest BCUT2D eigenvalue weighted by molar-refractivity contribution is 5.76. The summed E-state index contributed by atoms with van der Waals surface area (Å²) >= 11 is 0. The van der Waals surface area contributed by atoms with E-state index in [2.05, 4.69) is 16.3 Å². The van der Waals surface area contributed by atoms with E-state index in [9.17, 15) is 9.90 Å². The molecule has 0 spiro atoms. The first-order valence-corrected chi connectivity index (χ1v) is 14.4. The van der Waals surface area contributed by atoms with Gasteiger partial charge in [-0.2, -0.15) is 0 Å². The number of likely N-dealkylation sites (tertiary alicyclic amines) is 1. The van der Waals surface area contributed by atoms with Crippen molar-refractivity contribution in [1.29, 1.82) is 0 Å². The quantitative estimate of drug-likeness (QED) is 0.307. The second-order valence-corrected chi connectivity index (χ2v) is 10.8. The molecule has 2 aromatic rings. The van der Waals surface area contributed by atoms with E-state index in [0.29, 0.717) is 31.0 Å². The molecule has 220 valence electrons. The number of hydrogen-bond acceptors (Lipinski definition) is 8. The Kier molecular flexibility index (Phi) is 11.5. The summed E-state index contributed by atoms with van der Waals surface area (Å²) in [5.41, 5.74) is 7.26. The number of primary amides is 1. The summed E-state index contributed by atoms with van der Waals surface area (Å²) in [5.74, 6) is 1.79. The van der Waals surface area contributed by atoms with Gasteiger partial charge >= 0.3 is 0 Å². The van der Waals surface area contributed by atoms with E-state index in [4.69, 9.17) is 24.7 Å². The fraction of sp³-hybridized carbons (Fsp3) is 0.581. The lowest BCUT2D eigenvalue weighted by molar-refractivity contribution is -0.117. The fourth-order valence-corrected chi connectivity index (χ4v) is 5.77. The number of amides is 1. The molecule has 1 aliphatic carbocycles. The largest absolute Gasteiger partial charge is 0.493 e. The Morgan fingerprint density at radius 3 is 2.55 bits per heavy atom. The van der Waals surface area contributed by atoms with Crippen molar-refractivity contribution in [3.05, 3.63) is 53.6 Å². The molecular formula is C31H45N3O6. The van der Waals surface area contributed by atoms with Crippen LogP contribution in [0, 0.1) is 0 Å². The van der Waals surface area contributed by atoms with Gasteiger partial charge in [0, 0.05) is 31.7 Å². The molecular weight excluding hydrogens is 510 g/mol. The van der Waals surface area contributed by atoms with Gasteiger partial charge in [-0.15, -0.1) is 0 Å². The molecule has 9 nitrogen and oxygen atoms in total. The Labute approximate surface area is 237 Å². The molecule has 1 saturated heterocycles. The second-order valence-electron chi connectivity index (χ2n) is 10.8. The van der Waals surface area contributed by atoms with Gasteiger partial charge in [0.2, 0.25) is 5.91 Å². The number of benzene rings is 2. The van der Waals surface area contributed by atoms with Crippen LogP contribution in [-0.4, -0.2) is 87.3 Å². The van der Waals surface area contributed by atoms with Crippen molar-refractivity contribution < 1.29 is 28.8 Å². The SMILES string of the molecule is COc1ccc(CCO[C@H]2CCCC[C@@H]2N2CC[C@H](NCC(O)COc3ccc(CC(N)=O)cc3)C2)cc1OC. The third-order valence-corrected chi connectivity index (χ3v) is 7.91. The zero-order valence-electron chi connectivity index (χ0n) is 23.8. The molecule has 2 aliphatic rings. The van der Waals surface area contributed by atoms with Crippen molar-refractivity contribution in [2.24, 2.45) is 5.73 Å². The Balaban J connectivity index is 1.17. The zero-order valence-corrected chi connectivity index (χ0v) is 23.8. The van der Waals surface area contributed by atoms with E-state index in [1.54, 1.807) is 26.4 Å². The highest BCUT2D eigenvalue weighted by Crippen LogP contribution is 2.30. The summed E-state index contributed by atoms with van der Waals surface area (Å²) < 4.78 is 23.0.